The highest BCUT2D eigenvalue weighted by atomic mass is 16.6. The molecular weight excluding hydrogens is 494 g/mol. The Morgan fingerprint density at radius 2 is 1.49 bits per heavy atom. The zero-order chi connectivity index (χ0) is 28.7. The number of amides is 3. The summed E-state index contributed by atoms with van der Waals surface area (Å²) in [5.41, 5.74) is 2.67. The summed E-state index contributed by atoms with van der Waals surface area (Å²) in [5, 5.41) is 16.3. The molecule has 8 nitrogen and oxygen atoms in total. The molecule has 0 spiro atoms. The molecule has 0 aromatic heterocycles. The van der Waals surface area contributed by atoms with Gasteiger partial charge in [-0.1, -0.05) is 66.7 Å². The number of likely N-dealkylation sites (N-methyl/N-ethyl adjacent to an activating group) is 1. The molecule has 206 valence electrons. The Morgan fingerprint density at radius 1 is 0.897 bits per heavy atom. The van der Waals surface area contributed by atoms with E-state index in [9.17, 15) is 19.5 Å². The molecule has 2 atom stereocenters. The summed E-state index contributed by atoms with van der Waals surface area (Å²) < 4.78 is 5.41. The van der Waals surface area contributed by atoms with Crippen molar-refractivity contribution in [1.29, 1.82) is 0 Å². The first-order chi connectivity index (χ1) is 18.4. The van der Waals surface area contributed by atoms with Crippen LogP contribution in [-0.2, 0) is 20.7 Å². The Labute approximate surface area is 230 Å². The Hall–Kier alpha value is -4.33. The zero-order valence-electron chi connectivity index (χ0n) is 23.3. The Bertz CT molecular complexity index is 1300. The van der Waals surface area contributed by atoms with E-state index in [1.165, 1.54) is 18.0 Å². The van der Waals surface area contributed by atoms with Crippen molar-refractivity contribution in [2.75, 3.05) is 12.4 Å². The van der Waals surface area contributed by atoms with Gasteiger partial charge < -0.3 is 25.4 Å². The molecule has 0 aliphatic heterocycles. The molecule has 0 fully saturated rings. The van der Waals surface area contributed by atoms with Gasteiger partial charge in [-0.25, -0.2) is 4.79 Å². The first-order valence-corrected chi connectivity index (χ1v) is 12.8. The number of nitrogens with one attached hydrogen (secondary N) is 2. The molecule has 8 heteroatoms. The topological polar surface area (TPSA) is 108 Å². The van der Waals surface area contributed by atoms with E-state index in [1.807, 2.05) is 62.4 Å². The third-order valence-corrected chi connectivity index (χ3v) is 6.22. The Kier molecular flexibility index (Phi) is 9.35. The number of hydrogen-bond donors (Lipinski definition) is 3. The van der Waals surface area contributed by atoms with Crippen molar-refractivity contribution < 1.29 is 24.2 Å². The van der Waals surface area contributed by atoms with Crippen LogP contribution in [-0.4, -0.2) is 46.6 Å². The van der Waals surface area contributed by atoms with Crippen LogP contribution in [0.15, 0.2) is 72.8 Å². The Morgan fingerprint density at radius 3 is 2.08 bits per heavy atom. The number of carbonyl (C=O) groups is 3. The number of aryl methyl sites for hydroxylation is 2. The summed E-state index contributed by atoms with van der Waals surface area (Å²) in [5.74, 6) is -1.14. The van der Waals surface area contributed by atoms with Crippen molar-refractivity contribution in [3.05, 3.63) is 95.1 Å². The third kappa shape index (κ3) is 7.83. The summed E-state index contributed by atoms with van der Waals surface area (Å²) in [4.78, 5) is 41.7. The molecule has 0 aliphatic carbocycles. The monoisotopic (exact) mass is 531 g/mol. The predicted molar refractivity (Wildman–Crippen MR) is 151 cm³/mol. The number of benzene rings is 3. The molecule has 0 saturated heterocycles. The second-order valence-corrected chi connectivity index (χ2v) is 10.6. The lowest BCUT2D eigenvalue weighted by atomic mass is 10.00. The third-order valence-electron chi connectivity index (χ3n) is 6.22. The molecular formula is C31H37N3O5. The van der Waals surface area contributed by atoms with Gasteiger partial charge >= 0.3 is 6.09 Å². The number of phenols is 1. The minimum absolute atomic E-state index is 0.126. The molecule has 0 saturated carbocycles. The maximum absolute atomic E-state index is 14.0. The predicted octanol–water partition coefficient (Wildman–Crippen LogP) is 5.28. The average molecular weight is 532 g/mol. The molecule has 2 unspecified atom stereocenters. The first kappa shape index (κ1) is 29.2. The summed E-state index contributed by atoms with van der Waals surface area (Å²) in [6, 6.07) is 19.1. The standard InChI is InChI=1S/C31H37N3O5/c1-20-13-12-14-21(2)26(20)33-28(36)27(23-17-10-11-18-25(23)35)34(6)29(37)24(19-22-15-8-7-9-16-22)32-30(38)39-31(3,4)5/h7-18,24,27,35H,19H2,1-6H3,(H,32,38)(H,33,36). The number of carbonyl (C=O) groups excluding carboxylic acids is 3. The summed E-state index contributed by atoms with van der Waals surface area (Å²) in [6.07, 6.45) is -0.570. The number of anilines is 1. The van der Waals surface area contributed by atoms with Crippen LogP contribution in [0.2, 0.25) is 0 Å². The van der Waals surface area contributed by atoms with Crippen LogP contribution in [0.5, 0.6) is 5.75 Å². The molecule has 39 heavy (non-hydrogen) atoms. The van der Waals surface area contributed by atoms with E-state index in [0.717, 1.165) is 16.7 Å². The highest BCUT2D eigenvalue weighted by Gasteiger charge is 2.35. The molecule has 3 amide bonds. The number of aromatic hydroxyl groups is 1. The van der Waals surface area contributed by atoms with Crippen molar-refractivity contribution in [1.82, 2.24) is 10.2 Å². The number of hydrogen-bond acceptors (Lipinski definition) is 5. The number of ether oxygens (including phenoxy) is 1. The van der Waals surface area contributed by atoms with Crippen LogP contribution in [0.25, 0.3) is 0 Å². The molecule has 0 heterocycles. The number of nitrogens with zero attached hydrogens (tertiary/aromatic N) is 1. The number of para-hydroxylation sites is 2. The van der Waals surface area contributed by atoms with Crippen LogP contribution < -0.4 is 10.6 Å². The van der Waals surface area contributed by atoms with Gasteiger partial charge in [-0.3, -0.25) is 9.59 Å². The minimum atomic E-state index is -1.18. The van der Waals surface area contributed by atoms with Crippen LogP contribution >= 0.6 is 0 Å². The molecule has 0 bridgehead atoms. The van der Waals surface area contributed by atoms with E-state index >= 15 is 0 Å². The van der Waals surface area contributed by atoms with E-state index in [4.69, 9.17) is 4.74 Å². The van der Waals surface area contributed by atoms with E-state index < -0.39 is 35.6 Å². The lowest BCUT2D eigenvalue weighted by Gasteiger charge is -2.32. The van der Waals surface area contributed by atoms with Crippen molar-refractivity contribution in [3.63, 3.8) is 0 Å². The molecule has 3 N–H and O–H groups in total. The van der Waals surface area contributed by atoms with Crippen molar-refractivity contribution in [2.24, 2.45) is 0 Å². The number of alkyl carbamates (subject to hydrolysis) is 1. The maximum Gasteiger partial charge on any atom is 0.408 e. The van der Waals surface area contributed by atoms with E-state index in [2.05, 4.69) is 10.6 Å². The smallest absolute Gasteiger partial charge is 0.408 e. The second kappa shape index (κ2) is 12.5. The first-order valence-electron chi connectivity index (χ1n) is 12.8. The van der Waals surface area contributed by atoms with Gasteiger partial charge in [0.05, 0.1) is 0 Å². The summed E-state index contributed by atoms with van der Waals surface area (Å²) >= 11 is 0. The van der Waals surface area contributed by atoms with E-state index in [-0.39, 0.29) is 17.7 Å². The van der Waals surface area contributed by atoms with Gasteiger partial charge in [0.2, 0.25) is 5.91 Å². The summed E-state index contributed by atoms with van der Waals surface area (Å²) in [6.45, 7) is 8.97. The van der Waals surface area contributed by atoms with Crippen molar-refractivity contribution >= 4 is 23.6 Å². The van der Waals surface area contributed by atoms with E-state index in [0.29, 0.717) is 5.69 Å². The van der Waals surface area contributed by atoms with Crippen LogP contribution in [0, 0.1) is 13.8 Å². The van der Waals surface area contributed by atoms with Gasteiger partial charge in [0, 0.05) is 24.7 Å². The highest BCUT2D eigenvalue weighted by molar-refractivity contribution is 6.00. The molecule has 3 aromatic carbocycles. The lowest BCUT2D eigenvalue weighted by Crippen LogP contribution is -2.52. The molecule has 3 rings (SSSR count). The van der Waals surface area contributed by atoms with Crippen molar-refractivity contribution in [3.8, 4) is 5.75 Å². The van der Waals surface area contributed by atoms with Gasteiger partial charge in [0.15, 0.2) is 0 Å². The fourth-order valence-electron chi connectivity index (χ4n) is 4.32. The van der Waals surface area contributed by atoms with Crippen LogP contribution in [0.4, 0.5) is 10.5 Å². The fourth-order valence-corrected chi connectivity index (χ4v) is 4.32. The quantitative estimate of drug-likeness (QED) is 0.366. The van der Waals surface area contributed by atoms with Crippen LogP contribution in [0.3, 0.4) is 0 Å². The van der Waals surface area contributed by atoms with Gasteiger partial charge in [0.25, 0.3) is 5.91 Å². The largest absolute Gasteiger partial charge is 0.508 e. The van der Waals surface area contributed by atoms with Crippen LogP contribution in [0.1, 0.15) is 49.1 Å². The van der Waals surface area contributed by atoms with Gasteiger partial charge in [-0.15, -0.1) is 0 Å². The zero-order valence-corrected chi connectivity index (χ0v) is 23.3. The average Bonchev–Trinajstić information content (AvgIpc) is 2.86. The van der Waals surface area contributed by atoms with E-state index in [1.54, 1.807) is 39.0 Å². The molecule has 3 aromatic rings. The SMILES string of the molecule is Cc1cccc(C)c1NC(=O)C(c1ccccc1O)N(C)C(=O)C(Cc1ccccc1)NC(=O)OC(C)(C)C. The minimum Gasteiger partial charge on any atom is -0.508 e. The highest BCUT2D eigenvalue weighted by Crippen LogP contribution is 2.31. The summed E-state index contributed by atoms with van der Waals surface area (Å²) in [7, 11) is 1.48. The normalized spacial score (nSPS) is 12.7. The number of rotatable bonds is 8. The van der Waals surface area contributed by atoms with Crippen molar-refractivity contribution in [2.45, 2.75) is 58.7 Å². The molecule has 0 radical (unpaired) electrons. The fraction of sp³-hybridized carbons (Fsp3) is 0.323. The maximum atomic E-state index is 14.0. The molecule has 0 aliphatic rings. The lowest BCUT2D eigenvalue weighted by molar-refractivity contribution is -0.139. The second-order valence-electron chi connectivity index (χ2n) is 10.6. The van der Waals surface area contributed by atoms with Gasteiger partial charge in [-0.05, 0) is 57.4 Å². The Balaban J connectivity index is 1.98. The van der Waals surface area contributed by atoms with Gasteiger partial charge in [-0.2, -0.15) is 0 Å². The number of phenolic OH excluding ortho intramolecular Hbond substituents is 1. The van der Waals surface area contributed by atoms with Gasteiger partial charge in [0.1, 0.15) is 23.4 Å².